The van der Waals surface area contributed by atoms with Gasteiger partial charge in [0.25, 0.3) is 5.85 Å². The first-order valence-electron chi connectivity index (χ1n) is 6.34. The van der Waals surface area contributed by atoms with Crippen LogP contribution in [0.2, 0.25) is 0 Å². The van der Waals surface area contributed by atoms with Crippen LogP contribution in [0.4, 0.5) is 8.78 Å². The van der Waals surface area contributed by atoms with Crippen molar-refractivity contribution in [2.75, 3.05) is 6.56 Å². The molecule has 10 heteroatoms. The Morgan fingerprint density at radius 2 is 2.37 bits per heavy atom. The highest BCUT2D eigenvalue weighted by atomic mass is 32.1. The van der Waals surface area contributed by atoms with Crippen LogP contribution in [-0.2, 0) is 4.74 Å². The van der Waals surface area contributed by atoms with E-state index in [0.717, 1.165) is 0 Å². The molecule has 7 nitrogen and oxygen atoms in total. The molecule has 2 heterocycles. The summed E-state index contributed by atoms with van der Waals surface area (Å²) in [7, 11) is 0. The molecule has 0 spiro atoms. The van der Waals surface area contributed by atoms with Crippen molar-refractivity contribution in [1.29, 1.82) is 0 Å². The quantitative estimate of drug-likeness (QED) is 0.519. The Morgan fingerprint density at radius 1 is 1.74 bits per heavy atom. The summed E-state index contributed by atoms with van der Waals surface area (Å²) >= 11 is 4.44. The number of hydrogen-bond acceptors (Lipinski definition) is 6. The maximum absolute atomic E-state index is 14.3. The summed E-state index contributed by atoms with van der Waals surface area (Å²) in [4.78, 5) is 13.5. The number of rotatable bonds is 2. The third-order valence-electron chi connectivity index (χ3n) is 2.47. The number of hydrogen-bond donors (Lipinski definition) is 4. The number of alkyl halides is 1. The summed E-state index contributed by atoms with van der Waals surface area (Å²) in [5, 5.41) is 28.4. The van der Waals surface area contributed by atoms with Gasteiger partial charge in [0, 0.05) is 0 Å². The van der Waals surface area contributed by atoms with Gasteiger partial charge in [-0.2, -0.15) is 0 Å². The lowest BCUT2D eigenvalue weighted by molar-refractivity contribution is -0.207. The highest BCUT2D eigenvalue weighted by Crippen LogP contribution is 2.37. The monoisotopic (exact) mass is 299 g/mol. The minimum Gasteiger partial charge on any atom is -0.390 e. The second-order valence-corrected chi connectivity index (χ2v) is 4.10. The lowest BCUT2D eigenvalue weighted by Crippen LogP contribution is -2.42. The van der Waals surface area contributed by atoms with Gasteiger partial charge >= 0.3 is 5.69 Å². The molecule has 1 aromatic rings. The molecule has 1 aromatic heterocycles. The Labute approximate surface area is 113 Å². The zero-order valence-electron chi connectivity index (χ0n) is 12.0. The molecule has 2 rings (SSSR count). The molecular formula is C9H10F2N2O5S. The summed E-state index contributed by atoms with van der Waals surface area (Å²) < 4.78 is 53.1. The summed E-state index contributed by atoms with van der Waals surface area (Å²) in [5.41, 5.74) is -1.28. The van der Waals surface area contributed by atoms with E-state index in [1.807, 2.05) is 0 Å². The van der Waals surface area contributed by atoms with Gasteiger partial charge in [0.05, 0.1) is 10.3 Å². The van der Waals surface area contributed by atoms with Crippen molar-refractivity contribution in [3.8, 4) is 0 Å². The maximum atomic E-state index is 14.3. The fraction of sp³-hybridized carbons (Fsp3) is 0.556. The van der Waals surface area contributed by atoms with Gasteiger partial charge in [0.2, 0.25) is 0 Å². The fourth-order valence-electron chi connectivity index (χ4n) is 1.50. The van der Waals surface area contributed by atoms with Crippen molar-refractivity contribution in [2.24, 2.45) is 0 Å². The second-order valence-electron chi connectivity index (χ2n) is 3.69. The van der Waals surface area contributed by atoms with Crippen LogP contribution < -0.4 is 5.69 Å². The van der Waals surface area contributed by atoms with Crippen molar-refractivity contribution < 1.29 is 32.9 Å². The van der Waals surface area contributed by atoms with Gasteiger partial charge in [-0.25, -0.2) is 13.6 Å². The molecule has 1 aliphatic heterocycles. The van der Waals surface area contributed by atoms with Gasteiger partial charge < -0.3 is 20.1 Å². The van der Waals surface area contributed by atoms with Crippen molar-refractivity contribution in [2.45, 2.75) is 24.3 Å². The zero-order valence-corrected chi connectivity index (χ0v) is 9.82. The summed E-state index contributed by atoms with van der Waals surface area (Å²) in [6.45, 7) is -3.82. The Hall–Kier alpha value is -1.20. The number of nitrogens with zero attached hydrogens (tertiary/aromatic N) is 1. The van der Waals surface area contributed by atoms with E-state index < -0.39 is 47.0 Å². The molecule has 1 aliphatic rings. The molecule has 0 radical (unpaired) electrons. The molecule has 0 unspecified atom stereocenters. The van der Waals surface area contributed by atoms with E-state index in [4.69, 9.17) is 9.22 Å². The fourth-order valence-corrected chi connectivity index (χ4v) is 1.64. The average molecular weight is 299 g/mol. The number of aromatic nitrogens is 2. The standard InChI is InChI=1S/C9H10F2N2O5S/c10-3-1-13(8(17)12-6(3)19)7-4(15)5(16)9(11,2-14)18-7/h1,4-5,7,14-16H,2H2,(H,12,17,19)/t4-,5+,7-,9-/m1/s1/i2D2,7D. The number of aliphatic hydroxyl groups is 3. The van der Waals surface area contributed by atoms with Gasteiger partial charge in [0.15, 0.2) is 12.0 Å². The van der Waals surface area contributed by atoms with Crippen LogP contribution >= 0.6 is 12.2 Å². The minimum absolute atomic E-state index is 0.0408. The largest absolute Gasteiger partial charge is 0.390 e. The zero-order chi connectivity index (χ0) is 17.1. The number of aromatic amines is 1. The van der Waals surface area contributed by atoms with Crippen molar-refractivity contribution in [3.63, 3.8) is 0 Å². The lowest BCUT2D eigenvalue weighted by atomic mass is 10.1. The van der Waals surface area contributed by atoms with Crippen molar-refractivity contribution in [1.82, 2.24) is 9.55 Å². The molecule has 4 N–H and O–H groups in total. The predicted octanol–water partition coefficient (Wildman–Crippen LogP) is -1.05. The summed E-state index contributed by atoms with van der Waals surface area (Å²) in [6.07, 6.45) is -8.09. The van der Waals surface area contributed by atoms with Crippen LogP contribution in [0, 0.1) is 10.5 Å². The average Bonchev–Trinajstić information content (AvgIpc) is 2.56. The van der Waals surface area contributed by atoms with E-state index in [-0.39, 0.29) is 4.57 Å². The van der Waals surface area contributed by atoms with E-state index in [0.29, 0.717) is 6.20 Å². The first kappa shape index (κ1) is 10.6. The number of aliphatic hydroxyl groups excluding tert-OH is 2. The first-order chi connectivity index (χ1) is 9.84. The number of nitrogens with one attached hydrogen (secondary N) is 1. The Bertz CT molecular complexity index is 724. The van der Waals surface area contributed by atoms with E-state index in [1.54, 1.807) is 4.98 Å². The van der Waals surface area contributed by atoms with E-state index in [2.05, 4.69) is 17.0 Å². The minimum atomic E-state index is -3.93. The van der Waals surface area contributed by atoms with Crippen LogP contribution in [0.1, 0.15) is 10.3 Å². The van der Waals surface area contributed by atoms with Gasteiger partial charge in [-0.05, 0) is 0 Å². The summed E-state index contributed by atoms with van der Waals surface area (Å²) in [6, 6.07) is 0. The van der Waals surface area contributed by atoms with Crippen LogP contribution in [0.3, 0.4) is 0 Å². The van der Waals surface area contributed by atoms with Gasteiger partial charge in [-0.3, -0.25) is 9.55 Å². The number of halogens is 2. The normalized spacial score (nSPS) is 41.6. The molecule has 19 heavy (non-hydrogen) atoms. The van der Waals surface area contributed by atoms with Crippen molar-refractivity contribution >= 4 is 12.2 Å². The van der Waals surface area contributed by atoms with Crippen LogP contribution in [-0.4, -0.2) is 49.5 Å². The van der Waals surface area contributed by atoms with Crippen molar-refractivity contribution in [3.05, 3.63) is 27.1 Å². The highest BCUT2D eigenvalue weighted by molar-refractivity contribution is 7.71. The van der Waals surface area contributed by atoms with Gasteiger partial charge in [-0.1, -0.05) is 12.2 Å². The van der Waals surface area contributed by atoms with Crippen LogP contribution in [0.5, 0.6) is 0 Å². The Balaban J connectivity index is 2.64. The third-order valence-corrected chi connectivity index (χ3v) is 2.77. The Morgan fingerprint density at radius 3 is 2.89 bits per heavy atom. The molecular weight excluding hydrogens is 286 g/mol. The number of H-pyrrole nitrogens is 1. The van der Waals surface area contributed by atoms with Crippen LogP contribution in [0.25, 0.3) is 0 Å². The molecule has 0 amide bonds. The highest BCUT2D eigenvalue weighted by Gasteiger charge is 2.55. The molecule has 0 aliphatic carbocycles. The maximum Gasteiger partial charge on any atom is 0.328 e. The first-order valence-corrected chi connectivity index (χ1v) is 5.25. The molecule has 0 bridgehead atoms. The SMILES string of the molecule is [2H]C([2H])(O)[C@@]1(F)O[C@@]([2H])(n2cc(F)c(=S)[nH]c2=O)[C@H](O)[C@@H]1O. The predicted molar refractivity (Wildman–Crippen MR) is 58.9 cm³/mol. The summed E-state index contributed by atoms with van der Waals surface area (Å²) in [5.74, 6) is -5.15. The van der Waals surface area contributed by atoms with E-state index >= 15 is 0 Å². The smallest absolute Gasteiger partial charge is 0.328 e. The van der Waals surface area contributed by atoms with E-state index in [9.17, 15) is 23.8 Å². The Kier molecular flexibility index (Phi) is 2.63. The molecule has 4 atom stereocenters. The molecule has 1 saturated heterocycles. The molecule has 0 saturated carbocycles. The molecule has 106 valence electrons. The van der Waals surface area contributed by atoms with Crippen LogP contribution in [0.15, 0.2) is 11.0 Å². The van der Waals surface area contributed by atoms with Gasteiger partial charge in [0.1, 0.15) is 23.4 Å². The van der Waals surface area contributed by atoms with E-state index in [1.165, 1.54) is 0 Å². The lowest BCUT2D eigenvalue weighted by Gasteiger charge is -2.19. The topological polar surface area (TPSA) is 108 Å². The molecule has 1 fully saturated rings. The third kappa shape index (κ3) is 2.21. The molecule has 0 aromatic carbocycles. The van der Waals surface area contributed by atoms with Gasteiger partial charge in [-0.15, -0.1) is 0 Å². The second kappa shape index (κ2) is 4.72. The number of ether oxygens (including phenoxy) is 1.